The van der Waals surface area contributed by atoms with Crippen molar-refractivity contribution in [3.63, 3.8) is 0 Å². The third kappa shape index (κ3) is 3.49. The molecule has 0 aliphatic rings. The van der Waals surface area contributed by atoms with Crippen molar-refractivity contribution in [3.05, 3.63) is 79.0 Å². The zero-order chi connectivity index (χ0) is 17.8. The number of oxazole rings is 1. The number of nitrogens with one attached hydrogen (secondary N) is 1. The van der Waals surface area contributed by atoms with E-state index in [4.69, 9.17) is 4.42 Å². The van der Waals surface area contributed by atoms with Gasteiger partial charge in [0, 0.05) is 17.7 Å². The van der Waals surface area contributed by atoms with Crippen molar-refractivity contribution in [1.82, 2.24) is 15.0 Å². The van der Waals surface area contributed by atoms with E-state index in [1.807, 2.05) is 54.6 Å². The Labute approximate surface area is 149 Å². The lowest BCUT2D eigenvalue weighted by Gasteiger charge is -2.03. The van der Waals surface area contributed by atoms with Gasteiger partial charge in [-0.05, 0) is 12.1 Å². The fourth-order valence-corrected chi connectivity index (χ4v) is 2.42. The average Bonchev–Trinajstić information content (AvgIpc) is 3.11. The molecule has 4 aromatic rings. The Morgan fingerprint density at radius 1 is 0.962 bits per heavy atom. The summed E-state index contributed by atoms with van der Waals surface area (Å²) in [4.78, 5) is 24.8. The number of nitrogens with zero attached hydrogens (tertiary/aromatic N) is 3. The third-order valence-electron chi connectivity index (χ3n) is 3.64. The molecule has 2 aromatic carbocycles. The lowest BCUT2D eigenvalue weighted by molar-refractivity contribution is -0.111. The molecule has 0 saturated carbocycles. The maximum absolute atomic E-state index is 12.0. The summed E-state index contributed by atoms with van der Waals surface area (Å²) in [6.07, 6.45) is 6.02. The Hall–Kier alpha value is -3.80. The molecule has 0 radical (unpaired) electrons. The van der Waals surface area contributed by atoms with Crippen LogP contribution in [-0.4, -0.2) is 20.9 Å². The number of hydrogen-bond acceptors (Lipinski definition) is 5. The molecule has 0 unspecified atom stereocenters. The second kappa shape index (κ2) is 6.98. The molecule has 1 N–H and O–H groups in total. The van der Waals surface area contributed by atoms with Gasteiger partial charge in [-0.25, -0.2) is 15.0 Å². The largest absolute Gasteiger partial charge is 0.437 e. The highest BCUT2D eigenvalue weighted by Crippen LogP contribution is 2.16. The van der Waals surface area contributed by atoms with Gasteiger partial charge in [0.1, 0.15) is 5.52 Å². The first-order chi connectivity index (χ1) is 12.8. The molecule has 1 amide bonds. The highest BCUT2D eigenvalue weighted by molar-refractivity contribution is 6.01. The Morgan fingerprint density at radius 3 is 2.46 bits per heavy atom. The predicted molar refractivity (Wildman–Crippen MR) is 99.1 cm³/mol. The van der Waals surface area contributed by atoms with E-state index in [0.29, 0.717) is 23.0 Å². The van der Waals surface area contributed by atoms with Gasteiger partial charge in [-0.3, -0.25) is 4.79 Å². The van der Waals surface area contributed by atoms with Crippen LogP contribution in [0.3, 0.4) is 0 Å². The van der Waals surface area contributed by atoms with Gasteiger partial charge in [0.2, 0.25) is 11.8 Å². The Kier molecular flexibility index (Phi) is 4.22. The van der Waals surface area contributed by atoms with Crippen LogP contribution in [0.5, 0.6) is 0 Å². The summed E-state index contributed by atoms with van der Waals surface area (Å²) in [6.45, 7) is 0. The molecule has 26 heavy (non-hydrogen) atoms. The van der Waals surface area contributed by atoms with Crippen LogP contribution in [0, 0.1) is 0 Å². The smallest absolute Gasteiger partial charge is 0.248 e. The van der Waals surface area contributed by atoms with Gasteiger partial charge in [0.15, 0.2) is 11.4 Å². The number of carbonyl (C=O) groups is 1. The second-order valence-electron chi connectivity index (χ2n) is 5.50. The van der Waals surface area contributed by atoms with Gasteiger partial charge >= 0.3 is 0 Å². The summed E-state index contributed by atoms with van der Waals surface area (Å²) in [5.41, 5.74) is 2.85. The Balaban J connectivity index is 1.43. The molecule has 2 heterocycles. The molecule has 4 rings (SSSR count). The number of fused-ring (bicyclic) bond motifs is 1. The topological polar surface area (TPSA) is 80.9 Å². The van der Waals surface area contributed by atoms with Crippen molar-refractivity contribution in [2.45, 2.75) is 0 Å². The number of para-hydroxylation sites is 2. The molecule has 6 heteroatoms. The van der Waals surface area contributed by atoms with Crippen molar-refractivity contribution in [2.24, 2.45) is 0 Å². The number of amides is 1. The first-order valence-corrected chi connectivity index (χ1v) is 8.00. The normalized spacial score (nSPS) is 11.1. The Morgan fingerprint density at radius 2 is 1.69 bits per heavy atom. The summed E-state index contributed by atoms with van der Waals surface area (Å²) < 4.78 is 5.53. The van der Waals surface area contributed by atoms with E-state index < -0.39 is 0 Å². The molecule has 0 saturated heterocycles. The van der Waals surface area contributed by atoms with Crippen LogP contribution in [-0.2, 0) is 4.79 Å². The summed E-state index contributed by atoms with van der Waals surface area (Å²) >= 11 is 0. The maximum atomic E-state index is 12.0. The third-order valence-corrected chi connectivity index (χ3v) is 3.64. The molecule has 0 fully saturated rings. The number of aromatic nitrogens is 3. The first-order valence-electron chi connectivity index (χ1n) is 8.00. The van der Waals surface area contributed by atoms with Crippen molar-refractivity contribution < 1.29 is 9.21 Å². The Bertz CT molecular complexity index is 1040. The standard InChI is InChI=1S/C20H14N4O2/c25-18(10-11-19-24-16-8-4-5-9-17(16)26-19)23-15-12-21-20(22-13-15)14-6-2-1-3-7-14/h1-13H,(H,23,25)/b11-10+. The number of benzene rings is 2. The number of hydrogen-bond donors (Lipinski definition) is 1. The maximum Gasteiger partial charge on any atom is 0.248 e. The first kappa shape index (κ1) is 15.7. The van der Waals surface area contributed by atoms with Crippen LogP contribution < -0.4 is 5.32 Å². The monoisotopic (exact) mass is 342 g/mol. The van der Waals surface area contributed by atoms with E-state index in [-0.39, 0.29) is 5.91 Å². The van der Waals surface area contributed by atoms with Crippen molar-refractivity contribution >= 4 is 28.8 Å². The molecule has 0 aliphatic heterocycles. The lowest BCUT2D eigenvalue weighted by Crippen LogP contribution is -2.08. The minimum atomic E-state index is -0.316. The minimum absolute atomic E-state index is 0.316. The molecule has 0 aliphatic carbocycles. The van der Waals surface area contributed by atoms with Gasteiger partial charge in [-0.1, -0.05) is 42.5 Å². The highest BCUT2D eigenvalue weighted by atomic mass is 16.3. The van der Waals surface area contributed by atoms with Crippen LogP contribution in [0.2, 0.25) is 0 Å². The van der Waals surface area contributed by atoms with E-state index in [9.17, 15) is 4.79 Å². The zero-order valence-electron chi connectivity index (χ0n) is 13.7. The molecular formula is C20H14N4O2. The SMILES string of the molecule is O=C(/C=C/c1nc2ccccc2o1)Nc1cnc(-c2ccccc2)nc1. The second-order valence-corrected chi connectivity index (χ2v) is 5.50. The summed E-state index contributed by atoms with van der Waals surface area (Å²) in [5, 5.41) is 2.70. The van der Waals surface area contributed by atoms with Crippen molar-refractivity contribution in [2.75, 3.05) is 5.32 Å². The van der Waals surface area contributed by atoms with Crippen LogP contribution in [0.4, 0.5) is 5.69 Å². The van der Waals surface area contributed by atoms with Crippen LogP contribution >= 0.6 is 0 Å². The highest BCUT2D eigenvalue weighted by Gasteiger charge is 2.04. The van der Waals surface area contributed by atoms with E-state index in [1.54, 1.807) is 12.4 Å². The number of carbonyl (C=O) groups excluding carboxylic acids is 1. The van der Waals surface area contributed by atoms with Gasteiger partial charge in [0.25, 0.3) is 0 Å². The van der Waals surface area contributed by atoms with Gasteiger partial charge < -0.3 is 9.73 Å². The van der Waals surface area contributed by atoms with E-state index in [2.05, 4.69) is 20.3 Å². The van der Waals surface area contributed by atoms with Gasteiger partial charge in [-0.2, -0.15) is 0 Å². The van der Waals surface area contributed by atoms with E-state index >= 15 is 0 Å². The lowest BCUT2D eigenvalue weighted by atomic mass is 10.2. The molecule has 126 valence electrons. The average molecular weight is 342 g/mol. The van der Waals surface area contributed by atoms with Crippen molar-refractivity contribution in [3.8, 4) is 11.4 Å². The summed E-state index contributed by atoms with van der Waals surface area (Å²) in [6, 6.07) is 17.1. The minimum Gasteiger partial charge on any atom is -0.437 e. The van der Waals surface area contributed by atoms with Crippen LogP contribution in [0.15, 0.2) is 77.5 Å². The van der Waals surface area contributed by atoms with Crippen LogP contribution in [0.1, 0.15) is 5.89 Å². The molecule has 2 aromatic heterocycles. The molecular weight excluding hydrogens is 328 g/mol. The fraction of sp³-hybridized carbons (Fsp3) is 0. The number of rotatable bonds is 4. The van der Waals surface area contributed by atoms with Gasteiger partial charge in [0.05, 0.1) is 18.1 Å². The quantitative estimate of drug-likeness (QED) is 0.568. The van der Waals surface area contributed by atoms with E-state index in [1.165, 1.54) is 12.2 Å². The van der Waals surface area contributed by atoms with Gasteiger partial charge in [-0.15, -0.1) is 0 Å². The molecule has 0 spiro atoms. The predicted octanol–water partition coefficient (Wildman–Crippen LogP) is 3.94. The number of anilines is 1. The molecule has 0 atom stereocenters. The van der Waals surface area contributed by atoms with Crippen LogP contribution in [0.25, 0.3) is 28.6 Å². The summed E-state index contributed by atoms with van der Waals surface area (Å²) in [7, 11) is 0. The summed E-state index contributed by atoms with van der Waals surface area (Å²) in [5.74, 6) is 0.658. The fourth-order valence-electron chi connectivity index (χ4n) is 2.42. The molecule has 6 nitrogen and oxygen atoms in total. The zero-order valence-corrected chi connectivity index (χ0v) is 13.7. The molecule has 0 bridgehead atoms. The van der Waals surface area contributed by atoms with E-state index in [0.717, 1.165) is 11.1 Å². The van der Waals surface area contributed by atoms with Crippen molar-refractivity contribution in [1.29, 1.82) is 0 Å².